The van der Waals surface area contributed by atoms with Gasteiger partial charge in [0.15, 0.2) is 0 Å². The molecule has 0 bridgehead atoms. The number of anilines is 2. The molecule has 1 fully saturated rings. The number of piperazine rings is 1. The van der Waals surface area contributed by atoms with E-state index in [1.807, 2.05) is 11.0 Å². The van der Waals surface area contributed by atoms with Crippen LogP contribution in [0.5, 0.6) is 0 Å². The van der Waals surface area contributed by atoms with Gasteiger partial charge in [-0.3, -0.25) is 9.78 Å². The number of pyridine rings is 1. The molecule has 0 aliphatic carbocycles. The second-order valence-corrected chi connectivity index (χ2v) is 6.97. The van der Waals surface area contributed by atoms with Crippen molar-refractivity contribution < 1.29 is 4.79 Å². The second-order valence-electron chi connectivity index (χ2n) is 6.97. The topological polar surface area (TPSA) is 48.5 Å². The van der Waals surface area contributed by atoms with E-state index in [0.717, 1.165) is 56.9 Å². The number of nitrogens with zero attached hydrogens (tertiary/aromatic N) is 3. The minimum Gasteiger partial charge on any atom is -0.354 e. The van der Waals surface area contributed by atoms with Gasteiger partial charge in [0.1, 0.15) is 0 Å². The Morgan fingerprint density at radius 2 is 1.70 bits per heavy atom. The molecule has 1 aromatic heterocycles. The number of aromatic nitrogens is 1. The summed E-state index contributed by atoms with van der Waals surface area (Å²) in [4.78, 5) is 21.5. The van der Waals surface area contributed by atoms with Crippen LogP contribution in [0.4, 0.5) is 11.4 Å². The van der Waals surface area contributed by atoms with Crippen molar-refractivity contribution in [3.63, 3.8) is 0 Å². The lowest BCUT2D eigenvalue weighted by Gasteiger charge is -2.34. The maximum absolute atomic E-state index is 12.9. The molecular formula is C22H30N4O. The van der Waals surface area contributed by atoms with Gasteiger partial charge in [-0.25, -0.2) is 0 Å². The van der Waals surface area contributed by atoms with Gasteiger partial charge in [0, 0.05) is 38.1 Å². The number of benzene rings is 1. The third kappa shape index (κ3) is 4.48. The standard InChI is InChI=1S/C22H30N4O/c1-4-17-8-7-9-18(5-2)21(17)24-20-14-19(15-23-16-20)22(27)26-12-10-25(6-3)11-13-26/h7-9,14-16,24H,4-6,10-13H2,1-3H3. The Labute approximate surface area is 162 Å². The summed E-state index contributed by atoms with van der Waals surface area (Å²) in [5.74, 6) is 0.0707. The number of rotatable bonds is 6. The van der Waals surface area contributed by atoms with Crippen LogP contribution in [0.25, 0.3) is 0 Å². The zero-order valence-corrected chi connectivity index (χ0v) is 16.7. The summed E-state index contributed by atoms with van der Waals surface area (Å²) in [6.45, 7) is 11.0. The lowest BCUT2D eigenvalue weighted by molar-refractivity contribution is 0.0643. The molecule has 5 heteroatoms. The summed E-state index contributed by atoms with van der Waals surface area (Å²) in [6.07, 6.45) is 5.39. The molecule has 1 saturated heterocycles. The molecule has 27 heavy (non-hydrogen) atoms. The van der Waals surface area contributed by atoms with Crippen molar-refractivity contribution in [3.8, 4) is 0 Å². The molecule has 1 aromatic carbocycles. The molecule has 0 saturated carbocycles. The first-order chi connectivity index (χ1) is 13.2. The highest BCUT2D eigenvalue weighted by Crippen LogP contribution is 2.26. The van der Waals surface area contributed by atoms with Gasteiger partial charge >= 0.3 is 0 Å². The number of hydrogen-bond donors (Lipinski definition) is 1. The van der Waals surface area contributed by atoms with Crippen LogP contribution in [0, 0.1) is 0 Å². The molecule has 1 aliphatic rings. The average Bonchev–Trinajstić information content (AvgIpc) is 2.73. The van der Waals surface area contributed by atoms with Gasteiger partial charge in [-0.15, -0.1) is 0 Å². The van der Waals surface area contributed by atoms with Crippen LogP contribution in [-0.2, 0) is 12.8 Å². The van der Waals surface area contributed by atoms with Crippen molar-refractivity contribution in [2.75, 3.05) is 38.0 Å². The van der Waals surface area contributed by atoms with E-state index >= 15 is 0 Å². The number of carbonyl (C=O) groups is 1. The smallest absolute Gasteiger partial charge is 0.255 e. The average molecular weight is 367 g/mol. The second kappa shape index (κ2) is 9.00. The fraction of sp³-hybridized carbons (Fsp3) is 0.455. The molecule has 5 nitrogen and oxygen atoms in total. The maximum Gasteiger partial charge on any atom is 0.255 e. The Hall–Kier alpha value is -2.40. The van der Waals surface area contributed by atoms with Crippen molar-refractivity contribution in [3.05, 3.63) is 53.3 Å². The van der Waals surface area contributed by atoms with E-state index in [1.54, 1.807) is 12.4 Å². The van der Waals surface area contributed by atoms with Crippen molar-refractivity contribution in [1.29, 1.82) is 0 Å². The zero-order chi connectivity index (χ0) is 19.2. The number of nitrogens with one attached hydrogen (secondary N) is 1. The molecular weight excluding hydrogens is 336 g/mol. The number of amides is 1. The van der Waals surface area contributed by atoms with Gasteiger partial charge in [0.25, 0.3) is 5.91 Å². The molecule has 0 radical (unpaired) electrons. The van der Waals surface area contributed by atoms with E-state index in [4.69, 9.17) is 0 Å². The fourth-order valence-electron chi connectivity index (χ4n) is 3.62. The van der Waals surface area contributed by atoms with Crippen LogP contribution in [0.15, 0.2) is 36.7 Å². The number of hydrogen-bond acceptors (Lipinski definition) is 4. The molecule has 1 amide bonds. The zero-order valence-electron chi connectivity index (χ0n) is 16.7. The van der Waals surface area contributed by atoms with Gasteiger partial charge in [-0.2, -0.15) is 0 Å². The molecule has 1 N–H and O–H groups in total. The van der Waals surface area contributed by atoms with Crippen molar-refractivity contribution in [2.24, 2.45) is 0 Å². The van der Waals surface area contributed by atoms with Crippen LogP contribution in [-0.4, -0.2) is 53.4 Å². The quantitative estimate of drug-likeness (QED) is 0.846. The first-order valence-electron chi connectivity index (χ1n) is 10.0. The van der Waals surface area contributed by atoms with Crippen molar-refractivity contribution in [2.45, 2.75) is 33.6 Å². The van der Waals surface area contributed by atoms with E-state index in [9.17, 15) is 4.79 Å². The first-order valence-corrected chi connectivity index (χ1v) is 10.0. The Morgan fingerprint density at radius 3 is 2.30 bits per heavy atom. The highest BCUT2D eigenvalue weighted by molar-refractivity contribution is 5.95. The summed E-state index contributed by atoms with van der Waals surface area (Å²) in [5.41, 5.74) is 5.22. The maximum atomic E-state index is 12.9. The highest BCUT2D eigenvalue weighted by atomic mass is 16.2. The Balaban J connectivity index is 1.78. The summed E-state index contributed by atoms with van der Waals surface area (Å²) < 4.78 is 0. The monoisotopic (exact) mass is 366 g/mol. The van der Waals surface area contributed by atoms with E-state index < -0.39 is 0 Å². The predicted octanol–water partition coefficient (Wildman–Crippen LogP) is 3.73. The van der Waals surface area contributed by atoms with Crippen LogP contribution < -0.4 is 5.32 Å². The largest absolute Gasteiger partial charge is 0.354 e. The number of aryl methyl sites for hydroxylation is 2. The molecule has 2 aromatic rings. The van der Waals surface area contributed by atoms with E-state index in [-0.39, 0.29) is 5.91 Å². The van der Waals surface area contributed by atoms with Crippen LogP contribution >= 0.6 is 0 Å². The number of likely N-dealkylation sites (N-methyl/N-ethyl adjacent to an activating group) is 1. The Morgan fingerprint density at radius 1 is 1.04 bits per heavy atom. The van der Waals surface area contributed by atoms with Gasteiger partial charge in [0.05, 0.1) is 17.4 Å². The van der Waals surface area contributed by atoms with Crippen molar-refractivity contribution in [1.82, 2.24) is 14.8 Å². The van der Waals surface area contributed by atoms with E-state index in [0.29, 0.717) is 5.56 Å². The Kier molecular flexibility index (Phi) is 6.45. The van der Waals surface area contributed by atoms with Gasteiger partial charge in [-0.05, 0) is 36.6 Å². The normalized spacial score (nSPS) is 15.0. The Bertz CT molecular complexity index is 759. The molecule has 1 aliphatic heterocycles. The summed E-state index contributed by atoms with van der Waals surface area (Å²) in [6, 6.07) is 8.33. The third-order valence-corrected chi connectivity index (χ3v) is 5.36. The third-order valence-electron chi connectivity index (χ3n) is 5.36. The number of para-hydroxylation sites is 1. The minimum absolute atomic E-state index is 0.0707. The highest BCUT2D eigenvalue weighted by Gasteiger charge is 2.21. The summed E-state index contributed by atoms with van der Waals surface area (Å²) in [5, 5.41) is 3.52. The van der Waals surface area contributed by atoms with Crippen LogP contribution in [0.1, 0.15) is 42.3 Å². The molecule has 0 spiro atoms. The lowest BCUT2D eigenvalue weighted by Crippen LogP contribution is -2.48. The fourth-order valence-corrected chi connectivity index (χ4v) is 3.62. The molecule has 0 unspecified atom stereocenters. The first kappa shape index (κ1) is 19.4. The minimum atomic E-state index is 0.0707. The summed E-state index contributed by atoms with van der Waals surface area (Å²) >= 11 is 0. The van der Waals surface area contributed by atoms with Gasteiger partial charge in [-0.1, -0.05) is 39.0 Å². The SMILES string of the molecule is CCc1cccc(CC)c1Nc1cncc(C(=O)N2CCN(CC)CC2)c1. The molecule has 3 rings (SSSR count). The molecule has 2 heterocycles. The summed E-state index contributed by atoms with van der Waals surface area (Å²) in [7, 11) is 0. The predicted molar refractivity (Wildman–Crippen MR) is 111 cm³/mol. The lowest BCUT2D eigenvalue weighted by atomic mass is 10.0. The van der Waals surface area contributed by atoms with E-state index in [1.165, 1.54) is 11.1 Å². The molecule has 144 valence electrons. The van der Waals surface area contributed by atoms with E-state index in [2.05, 4.69) is 54.2 Å². The van der Waals surface area contributed by atoms with Gasteiger partial charge in [0.2, 0.25) is 0 Å². The number of carbonyl (C=O) groups excluding carboxylic acids is 1. The molecule has 0 atom stereocenters. The van der Waals surface area contributed by atoms with Crippen molar-refractivity contribution >= 4 is 17.3 Å². The van der Waals surface area contributed by atoms with Crippen LogP contribution in [0.2, 0.25) is 0 Å². The van der Waals surface area contributed by atoms with Gasteiger partial charge < -0.3 is 15.1 Å². The van der Waals surface area contributed by atoms with Crippen LogP contribution in [0.3, 0.4) is 0 Å².